The minimum atomic E-state index is 1.13. The lowest BCUT2D eigenvalue weighted by molar-refractivity contribution is 1.33. The first-order valence-electron chi connectivity index (χ1n) is 13.2. The summed E-state index contributed by atoms with van der Waals surface area (Å²) in [5.74, 6) is 0. The highest BCUT2D eigenvalue weighted by Gasteiger charge is 2.20. The molecule has 0 N–H and O–H groups in total. The molecular weight excluding hydrogens is 460 g/mol. The van der Waals surface area contributed by atoms with E-state index in [9.17, 15) is 0 Å². The number of fused-ring (bicyclic) bond motifs is 4. The van der Waals surface area contributed by atoms with Crippen LogP contribution in [-0.2, 0) is 0 Å². The van der Waals surface area contributed by atoms with E-state index < -0.39 is 0 Å². The smallest absolute Gasteiger partial charge is 0.0346 e. The molecule has 0 unspecified atom stereocenters. The van der Waals surface area contributed by atoms with Gasteiger partial charge < -0.3 is 0 Å². The van der Waals surface area contributed by atoms with Crippen LogP contribution in [0.1, 0.15) is 22.3 Å². The van der Waals surface area contributed by atoms with Crippen molar-refractivity contribution in [2.24, 2.45) is 0 Å². The second-order valence-electron chi connectivity index (χ2n) is 10.5. The van der Waals surface area contributed by atoms with Gasteiger partial charge in [-0.05, 0) is 141 Å². The first-order valence-corrected chi connectivity index (χ1v) is 13.2. The maximum Gasteiger partial charge on any atom is 0.0346 e. The molecule has 2 aromatic heterocycles. The van der Waals surface area contributed by atoms with Crippen LogP contribution in [0.3, 0.4) is 0 Å². The van der Waals surface area contributed by atoms with Gasteiger partial charge in [-0.3, -0.25) is 9.97 Å². The van der Waals surface area contributed by atoms with Crippen LogP contribution < -0.4 is 0 Å². The van der Waals surface area contributed by atoms with Gasteiger partial charge in [0.05, 0.1) is 0 Å². The molecule has 2 heteroatoms. The van der Waals surface area contributed by atoms with Gasteiger partial charge in [0.2, 0.25) is 0 Å². The normalized spacial score (nSPS) is 11.7. The quantitative estimate of drug-likeness (QED) is 0.226. The molecule has 0 fully saturated rings. The minimum absolute atomic E-state index is 1.13. The van der Waals surface area contributed by atoms with Crippen molar-refractivity contribution in [3.63, 3.8) is 0 Å². The Morgan fingerprint density at radius 2 is 0.711 bits per heavy atom. The Hall–Kier alpha value is -4.56. The lowest BCUT2D eigenvalue weighted by atomic mass is 9.83. The van der Waals surface area contributed by atoms with Gasteiger partial charge in [-0.2, -0.15) is 0 Å². The minimum Gasteiger partial charge on any atom is -0.264 e. The Labute approximate surface area is 222 Å². The molecule has 0 aliphatic heterocycles. The van der Waals surface area contributed by atoms with Gasteiger partial charge in [0.1, 0.15) is 0 Å². The van der Waals surface area contributed by atoms with Crippen LogP contribution in [0.4, 0.5) is 0 Å². The van der Waals surface area contributed by atoms with Crippen molar-refractivity contribution in [3.05, 3.63) is 120 Å². The summed E-state index contributed by atoms with van der Waals surface area (Å²) < 4.78 is 0. The average Bonchev–Trinajstić information content (AvgIpc) is 2.95. The van der Waals surface area contributed by atoms with E-state index in [1.54, 1.807) is 0 Å². The summed E-state index contributed by atoms with van der Waals surface area (Å²) in [6, 6.07) is 27.0. The number of aromatic nitrogens is 2. The van der Waals surface area contributed by atoms with Gasteiger partial charge in [-0.15, -0.1) is 0 Å². The summed E-state index contributed by atoms with van der Waals surface area (Å²) >= 11 is 0. The first-order chi connectivity index (χ1) is 18.5. The van der Waals surface area contributed by atoms with Crippen molar-refractivity contribution in [2.75, 3.05) is 0 Å². The highest BCUT2D eigenvalue weighted by atomic mass is 14.6. The molecule has 182 valence electrons. The predicted octanol–water partition coefficient (Wildman–Crippen LogP) is 9.66. The van der Waals surface area contributed by atoms with Gasteiger partial charge >= 0.3 is 0 Å². The molecule has 0 bridgehead atoms. The van der Waals surface area contributed by atoms with Crippen LogP contribution in [0, 0.1) is 27.7 Å². The molecule has 0 saturated carbocycles. The molecular formula is C36H28N2. The summed E-state index contributed by atoms with van der Waals surface area (Å²) in [6.45, 7) is 8.83. The third-order valence-electron chi connectivity index (χ3n) is 8.16. The summed E-state index contributed by atoms with van der Waals surface area (Å²) in [5.41, 5.74) is 9.90. The van der Waals surface area contributed by atoms with Crippen molar-refractivity contribution in [3.8, 4) is 22.3 Å². The number of hydrogen-bond donors (Lipinski definition) is 0. The molecule has 7 rings (SSSR count). The lowest BCUT2D eigenvalue weighted by Crippen LogP contribution is -1.94. The van der Waals surface area contributed by atoms with E-state index in [0.717, 1.165) is 11.1 Å². The Kier molecular flexibility index (Phi) is 5.06. The van der Waals surface area contributed by atoms with E-state index in [2.05, 4.69) is 98.3 Å². The molecule has 5 aromatic carbocycles. The third kappa shape index (κ3) is 3.34. The van der Waals surface area contributed by atoms with Crippen LogP contribution in [-0.4, -0.2) is 9.97 Å². The van der Waals surface area contributed by atoms with Crippen molar-refractivity contribution >= 4 is 43.1 Å². The predicted molar refractivity (Wildman–Crippen MR) is 162 cm³/mol. The van der Waals surface area contributed by atoms with E-state index >= 15 is 0 Å². The average molecular weight is 489 g/mol. The zero-order chi connectivity index (χ0) is 26.0. The van der Waals surface area contributed by atoms with Crippen molar-refractivity contribution < 1.29 is 0 Å². The number of rotatable bonds is 2. The fraction of sp³-hybridized carbons (Fsp3) is 0.111. The maximum atomic E-state index is 4.53. The van der Waals surface area contributed by atoms with Crippen LogP contribution in [0.2, 0.25) is 0 Å². The Bertz CT molecular complexity index is 1780. The standard InChI is InChI=1S/C36H28N2/c1-21-9-10-22(2)28-16-32-31(15-27(21)28)35(25-7-5-13-37-19-25)33-17-29-23(3)11-12-24(4)30(29)18-34(33)36(32)26-8-6-14-38-20-26/h5-20H,1-4H3. The van der Waals surface area contributed by atoms with E-state index in [-0.39, 0.29) is 0 Å². The van der Waals surface area contributed by atoms with E-state index in [1.165, 1.54) is 76.5 Å². The number of benzene rings is 5. The molecule has 0 aliphatic rings. The van der Waals surface area contributed by atoms with E-state index in [1.807, 2.05) is 36.9 Å². The zero-order valence-corrected chi connectivity index (χ0v) is 22.1. The van der Waals surface area contributed by atoms with Gasteiger partial charge in [0, 0.05) is 35.9 Å². The Morgan fingerprint density at radius 1 is 0.395 bits per heavy atom. The lowest BCUT2D eigenvalue weighted by Gasteiger charge is -2.20. The molecule has 0 saturated heterocycles. The van der Waals surface area contributed by atoms with Crippen molar-refractivity contribution in [1.29, 1.82) is 0 Å². The van der Waals surface area contributed by atoms with Crippen LogP contribution in [0.25, 0.3) is 65.3 Å². The maximum absolute atomic E-state index is 4.53. The van der Waals surface area contributed by atoms with E-state index in [4.69, 9.17) is 0 Å². The molecule has 0 aliphatic carbocycles. The molecule has 38 heavy (non-hydrogen) atoms. The number of pyridine rings is 2. The molecule has 7 aromatic rings. The zero-order valence-electron chi connectivity index (χ0n) is 22.1. The molecule has 2 nitrogen and oxygen atoms in total. The SMILES string of the molecule is Cc1ccc(C)c2cc3c(-c4cccnc4)c4cc5c(C)ccc(C)c5cc4c(-c4cccnc4)c3cc12. The third-order valence-corrected chi connectivity index (χ3v) is 8.16. The highest BCUT2D eigenvalue weighted by Crippen LogP contribution is 2.46. The first kappa shape index (κ1) is 22.6. The second kappa shape index (κ2) is 8.49. The number of hydrogen-bond acceptors (Lipinski definition) is 2. The van der Waals surface area contributed by atoms with Gasteiger partial charge in [-0.1, -0.05) is 36.4 Å². The topological polar surface area (TPSA) is 25.8 Å². The largest absolute Gasteiger partial charge is 0.264 e. The Balaban J connectivity index is 1.82. The second-order valence-corrected chi connectivity index (χ2v) is 10.5. The number of nitrogens with zero attached hydrogens (tertiary/aromatic N) is 2. The summed E-state index contributed by atoms with van der Waals surface area (Å²) in [7, 11) is 0. The molecule has 0 spiro atoms. The van der Waals surface area contributed by atoms with Gasteiger partial charge in [0.25, 0.3) is 0 Å². The summed E-state index contributed by atoms with van der Waals surface area (Å²) in [5, 5.41) is 10.2. The fourth-order valence-electron chi connectivity index (χ4n) is 6.12. The van der Waals surface area contributed by atoms with Gasteiger partial charge in [0.15, 0.2) is 0 Å². The summed E-state index contributed by atoms with van der Waals surface area (Å²) in [6.07, 6.45) is 7.70. The van der Waals surface area contributed by atoms with Crippen LogP contribution in [0.15, 0.2) is 97.6 Å². The van der Waals surface area contributed by atoms with Crippen LogP contribution in [0.5, 0.6) is 0 Å². The van der Waals surface area contributed by atoms with Gasteiger partial charge in [-0.25, -0.2) is 0 Å². The summed E-state index contributed by atoms with van der Waals surface area (Å²) in [4.78, 5) is 9.07. The fourth-order valence-corrected chi connectivity index (χ4v) is 6.12. The number of aryl methyl sites for hydroxylation is 4. The molecule has 0 amide bonds. The molecule has 0 atom stereocenters. The van der Waals surface area contributed by atoms with Crippen LogP contribution >= 0.6 is 0 Å². The molecule has 0 radical (unpaired) electrons. The monoisotopic (exact) mass is 488 g/mol. The highest BCUT2D eigenvalue weighted by molar-refractivity contribution is 6.25. The Morgan fingerprint density at radius 3 is 0.974 bits per heavy atom. The van der Waals surface area contributed by atoms with Crippen molar-refractivity contribution in [2.45, 2.75) is 27.7 Å². The molecule has 2 heterocycles. The van der Waals surface area contributed by atoms with Crippen molar-refractivity contribution in [1.82, 2.24) is 9.97 Å². The van der Waals surface area contributed by atoms with E-state index in [0.29, 0.717) is 0 Å².